The van der Waals surface area contributed by atoms with E-state index in [1.165, 1.54) is 0 Å². The summed E-state index contributed by atoms with van der Waals surface area (Å²) in [5.74, 6) is -1.35. The SMILES string of the molecule is O=C(Nc1cccc(CCl)c1)c1ccc([N+](=O)[O-])cc1F. The Morgan fingerprint density at radius 3 is 2.67 bits per heavy atom. The first-order chi connectivity index (χ1) is 10.0. The molecule has 7 heteroatoms. The van der Waals surface area contributed by atoms with Crippen molar-refractivity contribution in [1.82, 2.24) is 0 Å². The molecule has 0 aliphatic heterocycles. The lowest BCUT2D eigenvalue weighted by molar-refractivity contribution is -0.385. The first-order valence-electron chi connectivity index (χ1n) is 5.91. The largest absolute Gasteiger partial charge is 0.322 e. The Hall–Kier alpha value is -2.47. The van der Waals surface area contributed by atoms with Gasteiger partial charge < -0.3 is 5.32 Å². The molecule has 2 rings (SSSR count). The van der Waals surface area contributed by atoms with Crippen LogP contribution in [0.25, 0.3) is 0 Å². The van der Waals surface area contributed by atoms with E-state index in [0.717, 1.165) is 17.7 Å². The molecule has 0 aliphatic rings. The molecule has 108 valence electrons. The average Bonchev–Trinajstić information content (AvgIpc) is 2.47. The zero-order chi connectivity index (χ0) is 15.4. The van der Waals surface area contributed by atoms with Crippen LogP contribution in [0.15, 0.2) is 42.5 Å². The number of rotatable bonds is 4. The standard InChI is InChI=1S/C14H10ClFN2O3/c15-8-9-2-1-3-10(6-9)17-14(19)12-5-4-11(18(20)21)7-13(12)16/h1-7H,8H2,(H,17,19). The zero-order valence-corrected chi connectivity index (χ0v) is 11.4. The Kier molecular flexibility index (Phi) is 4.49. The van der Waals surface area contributed by atoms with E-state index in [0.29, 0.717) is 11.8 Å². The molecule has 0 unspecified atom stereocenters. The van der Waals surface area contributed by atoms with Crippen molar-refractivity contribution in [2.24, 2.45) is 0 Å². The third-order valence-corrected chi connectivity index (χ3v) is 3.06. The number of amides is 1. The molecule has 0 heterocycles. The van der Waals surface area contributed by atoms with Gasteiger partial charge in [-0.2, -0.15) is 0 Å². The summed E-state index contributed by atoms with van der Waals surface area (Å²) in [5.41, 5.74) is 0.597. The first-order valence-corrected chi connectivity index (χ1v) is 6.45. The van der Waals surface area contributed by atoms with Crippen LogP contribution in [-0.4, -0.2) is 10.8 Å². The van der Waals surface area contributed by atoms with Crippen LogP contribution in [0.4, 0.5) is 15.8 Å². The number of nitro groups is 1. The van der Waals surface area contributed by atoms with Gasteiger partial charge in [0.05, 0.1) is 16.6 Å². The van der Waals surface area contributed by atoms with Crippen LogP contribution in [0.3, 0.4) is 0 Å². The molecule has 0 saturated heterocycles. The van der Waals surface area contributed by atoms with Crippen molar-refractivity contribution in [3.8, 4) is 0 Å². The van der Waals surface area contributed by atoms with E-state index in [4.69, 9.17) is 11.6 Å². The number of halogens is 2. The van der Waals surface area contributed by atoms with Crippen molar-refractivity contribution in [2.45, 2.75) is 5.88 Å². The number of carbonyl (C=O) groups is 1. The maximum Gasteiger partial charge on any atom is 0.272 e. The van der Waals surface area contributed by atoms with Gasteiger partial charge in [-0.3, -0.25) is 14.9 Å². The van der Waals surface area contributed by atoms with Gasteiger partial charge in [0.1, 0.15) is 5.82 Å². The molecule has 0 atom stereocenters. The van der Waals surface area contributed by atoms with Crippen LogP contribution >= 0.6 is 11.6 Å². The summed E-state index contributed by atoms with van der Waals surface area (Å²) in [6.07, 6.45) is 0. The van der Waals surface area contributed by atoms with Gasteiger partial charge in [-0.1, -0.05) is 12.1 Å². The smallest absolute Gasteiger partial charge is 0.272 e. The van der Waals surface area contributed by atoms with Gasteiger partial charge >= 0.3 is 0 Å². The van der Waals surface area contributed by atoms with E-state index < -0.39 is 22.3 Å². The van der Waals surface area contributed by atoms with Crippen LogP contribution in [0.1, 0.15) is 15.9 Å². The summed E-state index contributed by atoms with van der Waals surface area (Å²) in [5, 5.41) is 13.0. The molecule has 0 spiro atoms. The lowest BCUT2D eigenvalue weighted by atomic mass is 10.1. The van der Waals surface area contributed by atoms with Gasteiger partial charge in [0.2, 0.25) is 0 Å². The fourth-order valence-corrected chi connectivity index (χ4v) is 1.90. The Bertz CT molecular complexity index is 706. The third kappa shape index (κ3) is 3.55. The fourth-order valence-electron chi connectivity index (χ4n) is 1.73. The highest BCUT2D eigenvalue weighted by Gasteiger charge is 2.16. The van der Waals surface area contributed by atoms with Crippen molar-refractivity contribution >= 4 is 28.9 Å². The topological polar surface area (TPSA) is 72.2 Å². The number of hydrogen-bond donors (Lipinski definition) is 1. The molecule has 0 aromatic heterocycles. The summed E-state index contributed by atoms with van der Waals surface area (Å²) >= 11 is 5.69. The van der Waals surface area contributed by atoms with Gasteiger partial charge in [0.25, 0.3) is 11.6 Å². The Labute approximate surface area is 124 Å². The summed E-state index contributed by atoms with van der Waals surface area (Å²) in [6.45, 7) is 0. The molecule has 0 aliphatic carbocycles. The molecule has 2 aromatic rings. The van der Waals surface area contributed by atoms with E-state index in [1.807, 2.05) is 0 Å². The third-order valence-electron chi connectivity index (χ3n) is 2.75. The lowest BCUT2D eigenvalue weighted by Crippen LogP contribution is -2.14. The second-order valence-electron chi connectivity index (χ2n) is 4.21. The van der Waals surface area contributed by atoms with Crippen LogP contribution in [0.5, 0.6) is 0 Å². The lowest BCUT2D eigenvalue weighted by Gasteiger charge is -2.07. The van der Waals surface area contributed by atoms with E-state index in [9.17, 15) is 19.3 Å². The number of non-ortho nitro benzene ring substituents is 1. The van der Waals surface area contributed by atoms with Crippen LogP contribution in [-0.2, 0) is 5.88 Å². The highest BCUT2D eigenvalue weighted by Crippen LogP contribution is 2.19. The quantitative estimate of drug-likeness (QED) is 0.531. The Morgan fingerprint density at radius 1 is 1.29 bits per heavy atom. The fraction of sp³-hybridized carbons (Fsp3) is 0.0714. The summed E-state index contributed by atoms with van der Waals surface area (Å²) in [7, 11) is 0. The minimum atomic E-state index is -0.949. The number of benzene rings is 2. The average molecular weight is 309 g/mol. The molecule has 5 nitrogen and oxygen atoms in total. The number of hydrogen-bond acceptors (Lipinski definition) is 3. The first kappa shape index (κ1) is 14.9. The number of nitro benzene ring substituents is 1. The van der Waals surface area contributed by atoms with E-state index >= 15 is 0 Å². The number of nitrogens with one attached hydrogen (secondary N) is 1. The predicted molar refractivity (Wildman–Crippen MR) is 77.0 cm³/mol. The maximum atomic E-state index is 13.7. The molecule has 2 aromatic carbocycles. The molecule has 1 N–H and O–H groups in total. The van der Waals surface area contributed by atoms with Crippen molar-refractivity contribution in [3.05, 3.63) is 69.5 Å². The molecule has 0 fully saturated rings. The number of alkyl halides is 1. The number of anilines is 1. The van der Waals surface area contributed by atoms with Crippen molar-refractivity contribution in [1.29, 1.82) is 0 Å². The van der Waals surface area contributed by atoms with Crippen LogP contribution in [0.2, 0.25) is 0 Å². The van der Waals surface area contributed by atoms with Gasteiger partial charge in [0.15, 0.2) is 0 Å². The minimum absolute atomic E-state index is 0.267. The van der Waals surface area contributed by atoms with Crippen molar-refractivity contribution in [3.63, 3.8) is 0 Å². The van der Waals surface area contributed by atoms with E-state index in [2.05, 4.69) is 5.32 Å². The molecule has 0 radical (unpaired) electrons. The zero-order valence-electron chi connectivity index (χ0n) is 10.7. The monoisotopic (exact) mass is 308 g/mol. The minimum Gasteiger partial charge on any atom is -0.322 e. The van der Waals surface area contributed by atoms with Crippen molar-refractivity contribution < 1.29 is 14.1 Å². The van der Waals surface area contributed by atoms with Crippen LogP contribution < -0.4 is 5.32 Å². The molecular formula is C14H10ClFN2O3. The van der Waals surface area contributed by atoms with E-state index in [-0.39, 0.29) is 11.4 Å². The maximum absolute atomic E-state index is 13.7. The second-order valence-corrected chi connectivity index (χ2v) is 4.48. The molecular weight excluding hydrogens is 299 g/mol. The number of nitrogens with zero attached hydrogens (tertiary/aromatic N) is 1. The predicted octanol–water partition coefficient (Wildman–Crippen LogP) is 3.73. The Morgan fingerprint density at radius 2 is 2.05 bits per heavy atom. The van der Waals surface area contributed by atoms with Gasteiger partial charge in [0, 0.05) is 17.6 Å². The highest BCUT2D eigenvalue weighted by atomic mass is 35.5. The van der Waals surface area contributed by atoms with Crippen LogP contribution in [0, 0.1) is 15.9 Å². The van der Waals surface area contributed by atoms with Gasteiger partial charge in [-0.25, -0.2) is 4.39 Å². The van der Waals surface area contributed by atoms with E-state index in [1.54, 1.807) is 24.3 Å². The number of carbonyl (C=O) groups excluding carboxylic acids is 1. The van der Waals surface area contributed by atoms with Gasteiger partial charge in [-0.05, 0) is 23.8 Å². The highest BCUT2D eigenvalue weighted by molar-refractivity contribution is 6.17. The Balaban J connectivity index is 2.22. The summed E-state index contributed by atoms with van der Waals surface area (Å²) in [6, 6.07) is 9.66. The molecule has 0 bridgehead atoms. The molecule has 21 heavy (non-hydrogen) atoms. The summed E-state index contributed by atoms with van der Waals surface area (Å²) < 4.78 is 13.7. The normalized spacial score (nSPS) is 10.2. The van der Waals surface area contributed by atoms with Gasteiger partial charge in [-0.15, -0.1) is 11.6 Å². The van der Waals surface area contributed by atoms with Crippen molar-refractivity contribution in [2.75, 3.05) is 5.32 Å². The summed E-state index contributed by atoms with van der Waals surface area (Å²) in [4.78, 5) is 21.8. The second kappa shape index (κ2) is 6.32. The molecule has 1 amide bonds. The molecule has 0 saturated carbocycles.